The van der Waals surface area contributed by atoms with E-state index in [0.29, 0.717) is 0 Å². The Morgan fingerprint density at radius 3 is 0.739 bits per heavy atom. The van der Waals surface area contributed by atoms with E-state index < -0.39 is 95.4 Å². The smallest absolute Gasteiger partial charge is 0.0419 e. The minimum absolute atomic E-state index is 0.394. The van der Waals surface area contributed by atoms with Gasteiger partial charge in [-0.15, -0.1) is 0 Å². The molecule has 46 heavy (non-hydrogen) atoms. The van der Waals surface area contributed by atoms with Crippen molar-refractivity contribution in [1.29, 1.82) is 0 Å². The molecule has 2 saturated heterocycles. The number of rotatable bonds is 11. The summed E-state index contributed by atoms with van der Waals surface area (Å²) in [5.41, 5.74) is 5.79. The second-order valence-electron chi connectivity index (χ2n) is 25.4. The van der Waals surface area contributed by atoms with Crippen LogP contribution in [0.1, 0.15) is 27.7 Å². The first kappa shape index (κ1) is 44.8. The van der Waals surface area contributed by atoms with Crippen LogP contribution in [-0.4, -0.2) is 95.4 Å². The van der Waals surface area contributed by atoms with Crippen LogP contribution in [0.4, 0.5) is 0 Å². The number of hydrogen-bond acceptors (Lipinski definition) is 0. The molecular formula is C34H88Si12. The van der Waals surface area contributed by atoms with Gasteiger partial charge in [-0.1, -0.05) is 213 Å². The molecule has 0 aliphatic carbocycles. The Morgan fingerprint density at radius 1 is 0.413 bits per heavy atom. The quantitative estimate of drug-likeness (QED) is 0.182. The van der Waals surface area contributed by atoms with E-state index in [1.807, 2.05) is 11.3 Å². The highest BCUT2D eigenvalue weighted by molar-refractivity contribution is 7.82. The highest BCUT2D eigenvalue weighted by Gasteiger charge is 2.79. The van der Waals surface area contributed by atoms with Gasteiger partial charge in [-0.05, 0) is 0 Å². The summed E-state index contributed by atoms with van der Waals surface area (Å²) in [5, 5.41) is 0. The number of hydrogen-bond donors (Lipinski definition) is 0. The largest absolute Gasteiger partial charge is 0.0698 e. The molecule has 4 atom stereocenters. The van der Waals surface area contributed by atoms with E-state index >= 15 is 0 Å². The molecular weight excluding hydrogens is 745 g/mol. The predicted molar refractivity (Wildman–Crippen MR) is 253 cm³/mol. The molecule has 2 aliphatic heterocycles. The zero-order chi connectivity index (χ0) is 37.0. The Hall–Kier alpha value is 2.60. The summed E-state index contributed by atoms with van der Waals surface area (Å²) >= 11 is 0. The third kappa shape index (κ3) is 7.64. The van der Waals surface area contributed by atoms with Crippen LogP contribution in [0.15, 0.2) is 0 Å². The maximum Gasteiger partial charge on any atom is 0.0419 e. The average Bonchev–Trinajstić information content (AvgIpc) is 3.08. The van der Waals surface area contributed by atoms with Gasteiger partial charge in [0.1, 0.15) is 0 Å². The first-order valence-electron chi connectivity index (χ1n) is 19.5. The van der Waals surface area contributed by atoms with Crippen LogP contribution in [0.3, 0.4) is 0 Å². The van der Waals surface area contributed by atoms with E-state index in [4.69, 9.17) is 0 Å². The summed E-state index contributed by atoms with van der Waals surface area (Å²) in [7, 11) is -15.2. The average molecular weight is 834 g/mol. The summed E-state index contributed by atoms with van der Waals surface area (Å²) in [6.07, 6.45) is 0. The second-order valence-corrected chi connectivity index (χ2v) is 102. The molecule has 2 fully saturated rings. The first-order chi connectivity index (χ1) is 19.8. The van der Waals surface area contributed by atoms with Crippen molar-refractivity contribution in [2.45, 2.75) is 213 Å². The maximum atomic E-state index is 3.03. The van der Waals surface area contributed by atoms with E-state index in [0.717, 1.165) is 11.1 Å². The SMILES string of the molecule is CC(C)[Si@]1(C([Si](C)(C)C)[Si](C)(C)C)[C@H]([Si](C)(C)C)[Si](C)(C)C[Si]1[Si]1C[Si](C)(C)[C@H]([Si](C)(C)C)[Si@@]1(C(C)C)C([Si](C)(C)C)[Si](C)(C)C. The van der Waals surface area contributed by atoms with Crippen molar-refractivity contribution in [3.8, 4) is 0 Å². The summed E-state index contributed by atoms with van der Waals surface area (Å²) in [5.74, 6) is 0. The van der Waals surface area contributed by atoms with E-state index in [1.165, 1.54) is 19.2 Å². The van der Waals surface area contributed by atoms with Gasteiger partial charge in [0.05, 0.1) is 0 Å². The molecule has 0 bridgehead atoms. The zero-order valence-corrected chi connectivity index (χ0v) is 48.9. The predicted octanol–water partition coefficient (Wildman–Crippen LogP) is 13.3. The maximum absolute atomic E-state index is 3.03. The topological polar surface area (TPSA) is 0 Å². The molecule has 0 spiro atoms. The van der Waals surface area contributed by atoms with E-state index in [2.05, 4.69) is 172 Å². The molecule has 0 aromatic rings. The van der Waals surface area contributed by atoms with E-state index in [9.17, 15) is 0 Å². The van der Waals surface area contributed by atoms with Crippen molar-refractivity contribution in [3.63, 3.8) is 0 Å². The van der Waals surface area contributed by atoms with Crippen LogP contribution in [-0.2, 0) is 0 Å². The lowest BCUT2D eigenvalue weighted by atomic mass is 10.6. The first-order valence-corrected chi connectivity index (χ1v) is 58.4. The van der Waals surface area contributed by atoms with Crippen LogP contribution < -0.4 is 0 Å². The highest BCUT2D eigenvalue weighted by atomic mass is 29.8. The highest BCUT2D eigenvalue weighted by Crippen LogP contribution is 2.68. The molecule has 0 unspecified atom stereocenters. The van der Waals surface area contributed by atoms with E-state index in [1.54, 1.807) is 0 Å². The minimum atomic E-state index is -1.66. The minimum Gasteiger partial charge on any atom is -0.0698 e. The van der Waals surface area contributed by atoms with Crippen LogP contribution in [0.25, 0.3) is 0 Å². The molecule has 0 amide bonds. The normalized spacial score (nSPS) is 30.9. The summed E-state index contributed by atoms with van der Waals surface area (Å²) < 4.78 is 0. The van der Waals surface area contributed by atoms with Crippen molar-refractivity contribution >= 4 is 95.4 Å². The molecule has 0 saturated carbocycles. The van der Waals surface area contributed by atoms with Crippen molar-refractivity contribution in [3.05, 3.63) is 0 Å². The third-order valence-electron chi connectivity index (χ3n) is 13.3. The molecule has 0 nitrogen and oxygen atoms in total. The third-order valence-corrected chi connectivity index (χ3v) is 144. The van der Waals surface area contributed by atoms with Crippen molar-refractivity contribution in [2.75, 3.05) is 0 Å². The Balaban J connectivity index is 3.44. The molecule has 2 radical (unpaired) electrons. The second kappa shape index (κ2) is 13.2. The molecule has 2 aliphatic rings. The van der Waals surface area contributed by atoms with Crippen LogP contribution >= 0.6 is 0 Å². The Kier molecular flexibility index (Phi) is 12.8. The summed E-state index contributed by atoms with van der Waals surface area (Å²) in [6.45, 7) is 76.3. The Morgan fingerprint density at radius 2 is 0.609 bits per heavy atom. The molecule has 272 valence electrons. The fourth-order valence-electron chi connectivity index (χ4n) is 15.8. The zero-order valence-electron chi connectivity index (χ0n) is 36.9. The molecule has 0 aromatic heterocycles. The van der Waals surface area contributed by atoms with Gasteiger partial charge in [-0.3, -0.25) is 0 Å². The molecule has 0 aromatic carbocycles. The van der Waals surface area contributed by atoms with Gasteiger partial charge >= 0.3 is 0 Å². The molecule has 0 N–H and O–H groups in total. The fourth-order valence-corrected chi connectivity index (χ4v) is 267. The van der Waals surface area contributed by atoms with Crippen LogP contribution in [0.5, 0.6) is 0 Å². The van der Waals surface area contributed by atoms with Crippen LogP contribution in [0, 0.1) is 0 Å². The summed E-state index contributed by atoms with van der Waals surface area (Å²) in [6, 6.07) is 0. The lowest BCUT2D eigenvalue weighted by Crippen LogP contribution is -2.80. The van der Waals surface area contributed by atoms with Crippen molar-refractivity contribution in [2.24, 2.45) is 0 Å². The van der Waals surface area contributed by atoms with Crippen molar-refractivity contribution < 1.29 is 0 Å². The summed E-state index contributed by atoms with van der Waals surface area (Å²) in [4.78, 5) is 4.96. The van der Waals surface area contributed by atoms with Gasteiger partial charge in [0, 0.05) is 95.4 Å². The molecule has 2 rings (SSSR count). The molecule has 2 heterocycles. The van der Waals surface area contributed by atoms with Crippen molar-refractivity contribution in [1.82, 2.24) is 0 Å². The fraction of sp³-hybridized carbons (Fsp3) is 1.00. The van der Waals surface area contributed by atoms with Gasteiger partial charge in [0.15, 0.2) is 0 Å². The standard InChI is InChI=1S/C34H88Si12/c1-29(2)45(31(37(5,6)7)38(8,9)10)33(41(17,18)19)43(23,24)27-35(45)36-28-44(25,26)34(42(20,21)22)46(36,30(3)4)32(39(11,12)13)40(14,15)16/h29-34H,27-28H2,1-26H3/t33-,34+,45+,46-. The Bertz CT molecular complexity index is 960. The lowest BCUT2D eigenvalue weighted by Gasteiger charge is -2.64. The van der Waals surface area contributed by atoms with Gasteiger partial charge < -0.3 is 0 Å². The molecule has 12 heteroatoms. The van der Waals surface area contributed by atoms with E-state index in [-0.39, 0.29) is 0 Å². The van der Waals surface area contributed by atoms with Gasteiger partial charge in [-0.25, -0.2) is 0 Å². The van der Waals surface area contributed by atoms with Gasteiger partial charge in [-0.2, -0.15) is 0 Å². The lowest BCUT2D eigenvalue weighted by molar-refractivity contribution is 0.991. The Labute approximate surface area is 306 Å². The van der Waals surface area contributed by atoms with Gasteiger partial charge in [0.2, 0.25) is 0 Å². The van der Waals surface area contributed by atoms with Crippen LogP contribution in [0.2, 0.25) is 186 Å². The van der Waals surface area contributed by atoms with Gasteiger partial charge in [0.25, 0.3) is 0 Å². The monoisotopic (exact) mass is 832 g/mol.